The fourth-order valence-corrected chi connectivity index (χ4v) is 2.45. The van der Waals surface area contributed by atoms with E-state index in [0.717, 1.165) is 13.0 Å². The Morgan fingerprint density at radius 3 is 2.90 bits per heavy atom. The van der Waals surface area contributed by atoms with Crippen LogP contribution in [-0.2, 0) is 11.2 Å². The molecular formula is C14H16N4O2. The molecule has 0 saturated heterocycles. The summed E-state index contributed by atoms with van der Waals surface area (Å²) in [6.45, 7) is 2.86. The van der Waals surface area contributed by atoms with Crippen LogP contribution in [0.1, 0.15) is 29.4 Å². The van der Waals surface area contributed by atoms with Crippen LogP contribution in [-0.4, -0.2) is 32.4 Å². The van der Waals surface area contributed by atoms with Gasteiger partial charge in [-0.15, -0.1) is 0 Å². The van der Waals surface area contributed by atoms with Gasteiger partial charge in [0.25, 0.3) is 0 Å². The van der Waals surface area contributed by atoms with E-state index in [0.29, 0.717) is 11.8 Å². The van der Waals surface area contributed by atoms with Crippen LogP contribution in [0.25, 0.3) is 0 Å². The highest BCUT2D eigenvalue weighted by atomic mass is 16.4. The Bertz CT molecular complexity index is 633. The minimum Gasteiger partial charge on any atom is -0.481 e. The van der Waals surface area contributed by atoms with E-state index >= 15 is 0 Å². The highest BCUT2D eigenvalue weighted by molar-refractivity contribution is 5.69. The molecule has 6 heteroatoms. The Morgan fingerprint density at radius 1 is 1.45 bits per heavy atom. The Morgan fingerprint density at radius 2 is 2.20 bits per heavy atom. The van der Waals surface area contributed by atoms with Crippen LogP contribution in [0.15, 0.2) is 24.3 Å². The van der Waals surface area contributed by atoms with Crippen LogP contribution in [0, 0.1) is 6.92 Å². The molecule has 0 aliphatic carbocycles. The normalized spacial score (nSPS) is 17.4. The molecule has 3 rings (SSSR count). The predicted molar refractivity (Wildman–Crippen MR) is 73.8 cm³/mol. The topological polar surface area (TPSA) is 80.0 Å². The van der Waals surface area contributed by atoms with E-state index in [9.17, 15) is 4.79 Å². The van der Waals surface area contributed by atoms with E-state index < -0.39 is 5.97 Å². The van der Waals surface area contributed by atoms with Crippen molar-refractivity contribution in [2.45, 2.75) is 25.8 Å². The number of nitrogens with zero attached hydrogens (tertiary/aromatic N) is 3. The molecule has 1 unspecified atom stereocenters. The van der Waals surface area contributed by atoms with Gasteiger partial charge in [-0.1, -0.05) is 29.8 Å². The molecule has 0 spiro atoms. The smallest absolute Gasteiger partial charge is 0.311 e. The molecule has 1 aromatic heterocycles. The SMILES string of the molecule is Cc1ccc(C2CCNc3nc(CC(=O)O)nn32)cc1. The number of nitrogens with one attached hydrogen (secondary N) is 1. The van der Waals surface area contributed by atoms with Gasteiger partial charge in [-0.3, -0.25) is 4.79 Å². The van der Waals surface area contributed by atoms with Gasteiger partial charge in [0.1, 0.15) is 6.42 Å². The molecule has 0 bridgehead atoms. The summed E-state index contributed by atoms with van der Waals surface area (Å²) in [5, 5.41) is 16.3. The van der Waals surface area contributed by atoms with Crippen molar-refractivity contribution in [2.24, 2.45) is 0 Å². The van der Waals surface area contributed by atoms with Gasteiger partial charge in [0.2, 0.25) is 5.95 Å². The zero-order valence-electron chi connectivity index (χ0n) is 11.2. The summed E-state index contributed by atoms with van der Waals surface area (Å²) < 4.78 is 1.80. The van der Waals surface area contributed by atoms with E-state index in [1.54, 1.807) is 4.68 Å². The number of aromatic nitrogens is 3. The lowest BCUT2D eigenvalue weighted by Crippen LogP contribution is -2.24. The van der Waals surface area contributed by atoms with Gasteiger partial charge in [0.05, 0.1) is 6.04 Å². The molecule has 2 heterocycles. The number of aliphatic carboxylic acids is 1. The molecule has 104 valence electrons. The van der Waals surface area contributed by atoms with Gasteiger partial charge in [-0.05, 0) is 18.9 Å². The van der Waals surface area contributed by atoms with Crippen LogP contribution in [0.5, 0.6) is 0 Å². The molecule has 0 fully saturated rings. The van der Waals surface area contributed by atoms with Crippen molar-refractivity contribution >= 4 is 11.9 Å². The predicted octanol–water partition coefficient (Wildman–Crippen LogP) is 1.62. The quantitative estimate of drug-likeness (QED) is 0.887. The molecule has 0 saturated carbocycles. The van der Waals surface area contributed by atoms with Crippen LogP contribution in [0.3, 0.4) is 0 Å². The number of hydrogen-bond acceptors (Lipinski definition) is 4. The third-order valence-electron chi connectivity index (χ3n) is 3.44. The molecule has 2 N–H and O–H groups in total. The van der Waals surface area contributed by atoms with E-state index in [2.05, 4.69) is 46.6 Å². The maximum absolute atomic E-state index is 10.8. The van der Waals surface area contributed by atoms with Crippen LogP contribution in [0.4, 0.5) is 5.95 Å². The number of carbonyl (C=O) groups is 1. The minimum atomic E-state index is -0.917. The van der Waals surface area contributed by atoms with Crippen molar-refractivity contribution in [3.05, 3.63) is 41.2 Å². The maximum Gasteiger partial charge on any atom is 0.311 e. The fourth-order valence-electron chi connectivity index (χ4n) is 2.45. The first-order valence-electron chi connectivity index (χ1n) is 6.61. The number of hydrogen-bond donors (Lipinski definition) is 2. The lowest BCUT2D eigenvalue weighted by Gasteiger charge is -2.24. The number of carboxylic acid groups (broad SMARTS) is 1. The third-order valence-corrected chi connectivity index (χ3v) is 3.44. The van der Waals surface area contributed by atoms with Gasteiger partial charge in [-0.2, -0.15) is 10.1 Å². The molecule has 0 radical (unpaired) electrons. The molecule has 1 aliphatic heterocycles. The van der Waals surface area contributed by atoms with Crippen LogP contribution >= 0.6 is 0 Å². The number of aryl methyl sites for hydroxylation is 1. The van der Waals surface area contributed by atoms with Crippen LogP contribution in [0.2, 0.25) is 0 Å². The van der Waals surface area contributed by atoms with Crippen molar-refractivity contribution in [1.82, 2.24) is 14.8 Å². The first-order valence-corrected chi connectivity index (χ1v) is 6.61. The fraction of sp³-hybridized carbons (Fsp3) is 0.357. The second-order valence-electron chi connectivity index (χ2n) is 5.01. The summed E-state index contributed by atoms with van der Waals surface area (Å²) in [5.41, 5.74) is 2.39. The molecule has 1 aromatic carbocycles. The summed E-state index contributed by atoms with van der Waals surface area (Å²) in [6, 6.07) is 8.45. The molecule has 6 nitrogen and oxygen atoms in total. The van der Waals surface area contributed by atoms with Crippen molar-refractivity contribution < 1.29 is 9.90 Å². The molecule has 20 heavy (non-hydrogen) atoms. The molecule has 1 aliphatic rings. The Labute approximate surface area is 116 Å². The van der Waals surface area contributed by atoms with E-state index in [1.165, 1.54) is 11.1 Å². The molecule has 1 atom stereocenters. The molecule has 0 amide bonds. The highest BCUT2D eigenvalue weighted by Gasteiger charge is 2.24. The number of benzene rings is 1. The zero-order valence-corrected chi connectivity index (χ0v) is 11.2. The number of fused-ring (bicyclic) bond motifs is 1. The monoisotopic (exact) mass is 272 g/mol. The largest absolute Gasteiger partial charge is 0.481 e. The second-order valence-corrected chi connectivity index (χ2v) is 5.01. The highest BCUT2D eigenvalue weighted by Crippen LogP contribution is 2.28. The summed E-state index contributed by atoms with van der Waals surface area (Å²) in [4.78, 5) is 15.0. The Balaban J connectivity index is 1.94. The molecular weight excluding hydrogens is 256 g/mol. The zero-order chi connectivity index (χ0) is 14.1. The second kappa shape index (κ2) is 4.96. The summed E-state index contributed by atoms with van der Waals surface area (Å²) in [7, 11) is 0. The minimum absolute atomic E-state index is 0.113. The standard InChI is InChI=1S/C14H16N4O2/c1-9-2-4-10(5-3-9)11-6-7-15-14-16-12(8-13(19)20)17-18(11)14/h2-5,11H,6-8H2,1H3,(H,19,20)(H,15,16,17). The van der Waals surface area contributed by atoms with Crippen molar-refractivity contribution in [3.8, 4) is 0 Å². The van der Waals surface area contributed by atoms with Gasteiger partial charge >= 0.3 is 5.97 Å². The molecule has 2 aromatic rings. The summed E-state index contributed by atoms with van der Waals surface area (Å²) >= 11 is 0. The average molecular weight is 272 g/mol. The first-order chi connectivity index (χ1) is 9.63. The van der Waals surface area contributed by atoms with E-state index in [1.807, 2.05) is 0 Å². The number of anilines is 1. The lowest BCUT2D eigenvalue weighted by atomic mass is 10.0. The van der Waals surface area contributed by atoms with Gasteiger partial charge in [0.15, 0.2) is 5.82 Å². The maximum atomic E-state index is 10.8. The Kier molecular flexibility index (Phi) is 3.14. The lowest BCUT2D eigenvalue weighted by molar-refractivity contribution is -0.136. The number of rotatable bonds is 3. The van der Waals surface area contributed by atoms with Crippen molar-refractivity contribution in [2.75, 3.05) is 11.9 Å². The van der Waals surface area contributed by atoms with Gasteiger partial charge in [0, 0.05) is 6.54 Å². The first kappa shape index (κ1) is 12.7. The van der Waals surface area contributed by atoms with Gasteiger partial charge in [-0.25, -0.2) is 4.68 Å². The summed E-state index contributed by atoms with van der Waals surface area (Å²) in [5.74, 6) is 0.0805. The van der Waals surface area contributed by atoms with Crippen molar-refractivity contribution in [3.63, 3.8) is 0 Å². The summed E-state index contributed by atoms with van der Waals surface area (Å²) in [6.07, 6.45) is 0.758. The van der Waals surface area contributed by atoms with Crippen LogP contribution < -0.4 is 5.32 Å². The van der Waals surface area contributed by atoms with Crippen molar-refractivity contribution in [1.29, 1.82) is 0 Å². The van der Waals surface area contributed by atoms with Gasteiger partial charge < -0.3 is 10.4 Å². The number of carboxylic acids is 1. The average Bonchev–Trinajstić information content (AvgIpc) is 2.80. The van der Waals surface area contributed by atoms with E-state index in [-0.39, 0.29) is 12.5 Å². The third kappa shape index (κ3) is 2.36. The Hall–Kier alpha value is -2.37. The van der Waals surface area contributed by atoms with E-state index in [4.69, 9.17) is 5.11 Å².